The first-order valence-corrected chi connectivity index (χ1v) is 8.15. The van der Waals surface area contributed by atoms with E-state index in [2.05, 4.69) is 31.3 Å². The maximum Gasteiger partial charge on any atom is 0.387 e. The average Bonchev–Trinajstić information content (AvgIpc) is 2.60. The Morgan fingerprint density at radius 2 is 1.88 bits per heavy atom. The lowest BCUT2D eigenvalue weighted by molar-refractivity contribution is -0.119. The van der Waals surface area contributed by atoms with Crippen LogP contribution >= 0.6 is 15.9 Å². The highest BCUT2D eigenvalue weighted by molar-refractivity contribution is 9.10. The summed E-state index contributed by atoms with van der Waals surface area (Å²) in [6, 6.07) is 12.0. The summed E-state index contributed by atoms with van der Waals surface area (Å²) in [6.45, 7) is -2.57. The average molecular weight is 415 g/mol. The summed E-state index contributed by atoms with van der Waals surface area (Å²) in [5.74, 6) is -0.0701. The zero-order valence-electron chi connectivity index (χ0n) is 13.4. The summed E-state index contributed by atoms with van der Waals surface area (Å²) >= 11 is 3.34. The molecule has 0 heterocycles. The Hall–Kier alpha value is -2.35. The number of rotatable bonds is 8. The summed E-state index contributed by atoms with van der Waals surface area (Å²) in [7, 11) is 1.36. The van der Waals surface area contributed by atoms with E-state index in [1.807, 2.05) is 24.3 Å². The molecule has 0 radical (unpaired) electrons. The highest BCUT2D eigenvalue weighted by Crippen LogP contribution is 2.29. The first-order valence-electron chi connectivity index (χ1n) is 7.36. The number of alkyl halides is 2. The smallest absolute Gasteiger partial charge is 0.387 e. The van der Waals surface area contributed by atoms with Gasteiger partial charge in [-0.3, -0.25) is 4.79 Å². The number of ether oxygens (including phenoxy) is 2. The van der Waals surface area contributed by atoms with E-state index >= 15 is 0 Å². The predicted octanol–water partition coefficient (Wildman–Crippen LogP) is 3.79. The number of halogens is 3. The van der Waals surface area contributed by atoms with E-state index in [0.29, 0.717) is 5.56 Å². The third-order valence-corrected chi connectivity index (χ3v) is 3.76. The van der Waals surface area contributed by atoms with Crippen molar-refractivity contribution < 1.29 is 23.0 Å². The van der Waals surface area contributed by atoms with Gasteiger partial charge in [0.2, 0.25) is 5.91 Å². The second kappa shape index (κ2) is 9.22. The van der Waals surface area contributed by atoms with E-state index in [1.54, 1.807) is 12.1 Å². The fourth-order valence-corrected chi connectivity index (χ4v) is 2.29. The van der Waals surface area contributed by atoms with E-state index < -0.39 is 6.61 Å². The van der Waals surface area contributed by atoms with Crippen LogP contribution in [0.25, 0.3) is 0 Å². The van der Waals surface area contributed by atoms with E-state index in [9.17, 15) is 13.6 Å². The van der Waals surface area contributed by atoms with Crippen molar-refractivity contribution >= 4 is 27.5 Å². The van der Waals surface area contributed by atoms with Gasteiger partial charge in [0.15, 0.2) is 11.5 Å². The maximum atomic E-state index is 12.3. The van der Waals surface area contributed by atoms with Gasteiger partial charge in [0.1, 0.15) is 0 Å². The lowest BCUT2D eigenvalue weighted by atomic mass is 10.2. The van der Waals surface area contributed by atoms with Gasteiger partial charge in [0.25, 0.3) is 0 Å². The second-order valence-electron chi connectivity index (χ2n) is 5.00. The van der Waals surface area contributed by atoms with Crippen molar-refractivity contribution in [2.45, 2.75) is 13.2 Å². The molecule has 8 heteroatoms. The Kier molecular flexibility index (Phi) is 7.00. The Morgan fingerprint density at radius 3 is 2.52 bits per heavy atom. The van der Waals surface area contributed by atoms with Gasteiger partial charge in [-0.2, -0.15) is 8.78 Å². The molecule has 0 aromatic heterocycles. The normalized spacial score (nSPS) is 10.4. The van der Waals surface area contributed by atoms with Crippen molar-refractivity contribution in [2.75, 3.05) is 19.0 Å². The molecule has 0 bridgehead atoms. The third kappa shape index (κ3) is 6.22. The van der Waals surface area contributed by atoms with Crippen LogP contribution in [0.4, 0.5) is 14.5 Å². The summed E-state index contributed by atoms with van der Waals surface area (Å²) in [6.07, 6.45) is 0. The molecule has 2 rings (SSSR count). The highest BCUT2D eigenvalue weighted by atomic mass is 79.9. The minimum Gasteiger partial charge on any atom is -0.493 e. The number of nitrogens with one attached hydrogen (secondary N) is 2. The van der Waals surface area contributed by atoms with Crippen LogP contribution in [-0.4, -0.2) is 26.2 Å². The van der Waals surface area contributed by atoms with Crippen molar-refractivity contribution in [1.82, 2.24) is 5.32 Å². The van der Waals surface area contributed by atoms with Gasteiger partial charge in [0.05, 0.1) is 13.7 Å². The number of benzene rings is 2. The lowest BCUT2D eigenvalue weighted by Crippen LogP contribution is -2.29. The molecule has 0 unspecified atom stereocenters. The maximum absolute atomic E-state index is 12.3. The van der Waals surface area contributed by atoms with Crippen molar-refractivity contribution in [3.8, 4) is 11.5 Å². The molecule has 0 saturated heterocycles. The molecule has 1 amide bonds. The van der Waals surface area contributed by atoms with Crippen molar-refractivity contribution in [3.63, 3.8) is 0 Å². The summed E-state index contributed by atoms with van der Waals surface area (Å²) in [5.41, 5.74) is 1.53. The zero-order chi connectivity index (χ0) is 18.2. The first-order chi connectivity index (χ1) is 12.0. The van der Waals surface area contributed by atoms with Gasteiger partial charge in [-0.25, -0.2) is 0 Å². The van der Waals surface area contributed by atoms with Crippen LogP contribution in [0.2, 0.25) is 0 Å². The van der Waals surface area contributed by atoms with Crippen LogP contribution in [0.5, 0.6) is 11.5 Å². The Bertz CT molecular complexity index is 712. The molecule has 2 aromatic carbocycles. The van der Waals surface area contributed by atoms with E-state index in [1.165, 1.54) is 13.2 Å². The molecule has 0 atom stereocenters. The molecule has 134 valence electrons. The SMILES string of the molecule is COc1cc(CNC(=O)CNc2ccc(Br)cc2)ccc1OC(F)F. The van der Waals surface area contributed by atoms with Crippen LogP contribution in [0, 0.1) is 0 Å². The van der Waals surface area contributed by atoms with Crippen LogP contribution in [0.1, 0.15) is 5.56 Å². The topological polar surface area (TPSA) is 59.6 Å². The Balaban J connectivity index is 1.85. The number of hydrogen-bond acceptors (Lipinski definition) is 4. The molecule has 2 aromatic rings. The van der Waals surface area contributed by atoms with E-state index in [4.69, 9.17) is 4.74 Å². The minimum atomic E-state index is -2.93. The molecular weight excluding hydrogens is 398 g/mol. The van der Waals surface area contributed by atoms with Crippen molar-refractivity contribution in [2.24, 2.45) is 0 Å². The molecule has 0 aliphatic rings. The molecule has 5 nitrogen and oxygen atoms in total. The molecule has 25 heavy (non-hydrogen) atoms. The summed E-state index contributed by atoms with van der Waals surface area (Å²) < 4.78 is 34.9. The monoisotopic (exact) mass is 414 g/mol. The molecule has 2 N–H and O–H groups in total. The number of anilines is 1. The summed E-state index contributed by atoms with van der Waals surface area (Å²) in [5, 5.41) is 5.74. The first kappa shape index (κ1) is 19.0. The number of carbonyl (C=O) groups excluding carboxylic acids is 1. The van der Waals surface area contributed by atoms with Crippen LogP contribution in [-0.2, 0) is 11.3 Å². The molecule has 0 aliphatic carbocycles. The lowest BCUT2D eigenvalue weighted by Gasteiger charge is -2.12. The molecule has 0 aliphatic heterocycles. The van der Waals surface area contributed by atoms with Crippen molar-refractivity contribution in [1.29, 1.82) is 0 Å². The fraction of sp³-hybridized carbons (Fsp3) is 0.235. The van der Waals surface area contributed by atoms with Gasteiger partial charge < -0.3 is 20.1 Å². The number of amides is 1. The van der Waals surface area contributed by atoms with Crippen LogP contribution in [0.15, 0.2) is 46.9 Å². The number of carbonyl (C=O) groups is 1. The van der Waals surface area contributed by atoms with Gasteiger partial charge in [-0.05, 0) is 42.0 Å². The van der Waals surface area contributed by atoms with Gasteiger partial charge in [-0.1, -0.05) is 22.0 Å². The second-order valence-corrected chi connectivity index (χ2v) is 5.92. The number of methoxy groups -OCH3 is 1. The third-order valence-electron chi connectivity index (χ3n) is 3.23. The molecule has 0 saturated carbocycles. The zero-order valence-corrected chi connectivity index (χ0v) is 15.0. The van der Waals surface area contributed by atoms with Crippen LogP contribution in [0.3, 0.4) is 0 Å². The molecule has 0 fully saturated rings. The Morgan fingerprint density at radius 1 is 1.16 bits per heavy atom. The fourth-order valence-electron chi connectivity index (χ4n) is 2.03. The summed E-state index contributed by atoms with van der Waals surface area (Å²) in [4.78, 5) is 11.9. The van der Waals surface area contributed by atoms with Crippen LogP contribution < -0.4 is 20.1 Å². The largest absolute Gasteiger partial charge is 0.493 e. The standard InChI is InChI=1S/C17H17BrF2N2O3/c1-24-15-8-11(2-7-14(15)25-17(19)20)9-22-16(23)10-21-13-5-3-12(18)4-6-13/h2-8,17,21H,9-10H2,1H3,(H,22,23). The molecular formula is C17H17BrF2N2O3. The van der Waals surface area contributed by atoms with Gasteiger partial charge >= 0.3 is 6.61 Å². The number of hydrogen-bond donors (Lipinski definition) is 2. The Labute approximate surface area is 152 Å². The highest BCUT2D eigenvalue weighted by Gasteiger charge is 2.11. The molecule has 0 spiro atoms. The quantitative estimate of drug-likeness (QED) is 0.689. The van der Waals surface area contributed by atoms with Crippen molar-refractivity contribution in [3.05, 3.63) is 52.5 Å². The van der Waals surface area contributed by atoms with E-state index in [0.717, 1.165) is 10.2 Å². The van der Waals surface area contributed by atoms with E-state index in [-0.39, 0.29) is 30.5 Å². The van der Waals surface area contributed by atoms with Gasteiger partial charge in [0, 0.05) is 16.7 Å². The van der Waals surface area contributed by atoms with Gasteiger partial charge in [-0.15, -0.1) is 0 Å². The minimum absolute atomic E-state index is 0.0514. The predicted molar refractivity (Wildman–Crippen MR) is 94.1 cm³/mol.